The van der Waals surface area contributed by atoms with Gasteiger partial charge < -0.3 is 15.3 Å². The predicted octanol–water partition coefficient (Wildman–Crippen LogP) is 1.72. The van der Waals surface area contributed by atoms with Crippen LogP contribution < -0.4 is 0 Å². The number of carbonyl (C=O) groups is 2. The number of aliphatic carboxylic acids is 2. The number of rotatable bonds is 6. The number of carboxylic acids is 2. The lowest BCUT2D eigenvalue weighted by Gasteiger charge is -2.19. The van der Waals surface area contributed by atoms with E-state index < -0.39 is 11.9 Å². The van der Waals surface area contributed by atoms with Gasteiger partial charge in [0.05, 0.1) is 0 Å². The van der Waals surface area contributed by atoms with E-state index in [1.165, 1.54) is 0 Å². The van der Waals surface area contributed by atoms with Crippen molar-refractivity contribution in [1.82, 2.24) is 4.90 Å². The second-order valence-corrected chi connectivity index (χ2v) is 4.01. The molecule has 3 N–H and O–H groups in total. The number of benzene rings is 1. The number of para-hydroxylation sites is 1. The Morgan fingerprint density at radius 1 is 1.05 bits per heavy atom. The van der Waals surface area contributed by atoms with Crippen LogP contribution in [-0.2, 0) is 16.1 Å². The van der Waals surface area contributed by atoms with Crippen LogP contribution in [0.5, 0.6) is 5.75 Å². The quantitative estimate of drug-likeness (QED) is 0.546. The van der Waals surface area contributed by atoms with Crippen LogP contribution in [0.2, 0.25) is 0 Å². The molecule has 114 valence electrons. The monoisotopic (exact) mass is 293 g/mol. The molecule has 0 spiro atoms. The van der Waals surface area contributed by atoms with Crippen LogP contribution in [-0.4, -0.2) is 45.2 Å². The number of carboxylic acid groups (broad SMARTS) is 2. The van der Waals surface area contributed by atoms with Crippen LogP contribution >= 0.6 is 0 Å². The molecule has 0 atom stereocenters. The van der Waals surface area contributed by atoms with Crippen molar-refractivity contribution in [3.8, 4) is 5.75 Å². The van der Waals surface area contributed by atoms with Crippen LogP contribution in [0, 0.1) is 0 Å². The Hall–Kier alpha value is -2.60. The zero-order valence-electron chi connectivity index (χ0n) is 11.6. The minimum atomic E-state index is -1.82. The first-order valence-corrected chi connectivity index (χ1v) is 6.09. The van der Waals surface area contributed by atoms with Crippen LogP contribution in [0.25, 0.3) is 0 Å². The van der Waals surface area contributed by atoms with Crippen molar-refractivity contribution >= 4 is 11.9 Å². The van der Waals surface area contributed by atoms with Crippen molar-refractivity contribution in [2.24, 2.45) is 0 Å². The maximum atomic E-state index is 9.62. The van der Waals surface area contributed by atoms with E-state index in [1.807, 2.05) is 30.4 Å². The molecule has 21 heavy (non-hydrogen) atoms. The lowest BCUT2D eigenvalue weighted by Crippen LogP contribution is -2.23. The zero-order chi connectivity index (χ0) is 16.3. The van der Waals surface area contributed by atoms with Gasteiger partial charge in [0.15, 0.2) is 0 Å². The minimum absolute atomic E-state index is 0.343. The van der Waals surface area contributed by atoms with Crippen LogP contribution in [0.3, 0.4) is 0 Å². The van der Waals surface area contributed by atoms with Crippen molar-refractivity contribution in [1.29, 1.82) is 0 Å². The van der Waals surface area contributed by atoms with Crippen molar-refractivity contribution < 1.29 is 24.9 Å². The highest BCUT2D eigenvalue weighted by molar-refractivity contribution is 6.27. The number of hydrogen-bond donors (Lipinski definition) is 3. The molecule has 0 unspecified atom stereocenters. The van der Waals surface area contributed by atoms with Gasteiger partial charge in [-0.1, -0.05) is 30.4 Å². The predicted molar refractivity (Wildman–Crippen MR) is 79.0 cm³/mol. The molecule has 6 heteroatoms. The van der Waals surface area contributed by atoms with Crippen molar-refractivity contribution in [3.63, 3.8) is 0 Å². The summed E-state index contributed by atoms with van der Waals surface area (Å²) in [4.78, 5) is 20.3. The molecule has 0 aromatic heterocycles. The van der Waals surface area contributed by atoms with Gasteiger partial charge in [-0.2, -0.15) is 0 Å². The molecule has 6 nitrogen and oxygen atoms in total. The third-order valence-corrected chi connectivity index (χ3v) is 2.34. The van der Waals surface area contributed by atoms with E-state index in [0.717, 1.165) is 18.7 Å². The van der Waals surface area contributed by atoms with Gasteiger partial charge in [-0.05, 0) is 6.07 Å². The maximum Gasteiger partial charge on any atom is 0.414 e. The molecule has 0 bridgehead atoms. The van der Waals surface area contributed by atoms with Crippen LogP contribution in [0.15, 0.2) is 49.6 Å². The summed E-state index contributed by atoms with van der Waals surface area (Å²) in [5.41, 5.74) is 0.932. The Morgan fingerprint density at radius 3 is 1.90 bits per heavy atom. The summed E-state index contributed by atoms with van der Waals surface area (Å²) < 4.78 is 0. The Labute approximate surface area is 123 Å². The topological polar surface area (TPSA) is 98.1 Å². The summed E-state index contributed by atoms with van der Waals surface area (Å²) in [6.45, 7) is 9.71. The molecule has 0 aliphatic carbocycles. The highest BCUT2D eigenvalue weighted by Gasteiger charge is 2.05. The fourth-order valence-electron chi connectivity index (χ4n) is 1.45. The van der Waals surface area contributed by atoms with Crippen molar-refractivity contribution in [2.75, 3.05) is 13.1 Å². The molecule has 0 aliphatic rings. The normalized spacial score (nSPS) is 9.38. The number of nitrogens with zero attached hydrogens (tertiary/aromatic N) is 1. The first kappa shape index (κ1) is 18.4. The van der Waals surface area contributed by atoms with Crippen LogP contribution in [0.4, 0.5) is 0 Å². The molecule has 0 saturated carbocycles. The van der Waals surface area contributed by atoms with Gasteiger partial charge in [-0.15, -0.1) is 13.2 Å². The van der Waals surface area contributed by atoms with Gasteiger partial charge >= 0.3 is 11.9 Å². The van der Waals surface area contributed by atoms with Crippen LogP contribution in [0.1, 0.15) is 5.56 Å². The summed E-state index contributed by atoms with van der Waals surface area (Å²) in [5.74, 6) is -3.30. The summed E-state index contributed by atoms with van der Waals surface area (Å²) in [5, 5.41) is 24.4. The standard InChI is InChI=1S/C13H17NO.C2H2O4/c1-3-9-14(10-4-2)11-12-7-5-6-8-13(12)15;3-1(4)2(5)6/h3-8,15H,1-2,9-11H2;(H,3,4)(H,5,6). The highest BCUT2D eigenvalue weighted by Crippen LogP contribution is 2.17. The Bertz CT molecular complexity index is 477. The van der Waals surface area contributed by atoms with E-state index >= 15 is 0 Å². The number of phenols is 1. The number of phenolic OH excluding ortho intramolecular Hbond substituents is 1. The number of hydrogen-bond acceptors (Lipinski definition) is 4. The number of aromatic hydroxyl groups is 1. The first-order chi connectivity index (χ1) is 9.92. The van der Waals surface area contributed by atoms with Gasteiger partial charge in [-0.25, -0.2) is 9.59 Å². The summed E-state index contributed by atoms with van der Waals surface area (Å²) in [7, 11) is 0. The van der Waals surface area contributed by atoms with Crippen molar-refractivity contribution in [3.05, 3.63) is 55.1 Å². The molecule has 0 heterocycles. The third kappa shape index (κ3) is 8.22. The van der Waals surface area contributed by atoms with Gasteiger partial charge in [0.25, 0.3) is 0 Å². The Morgan fingerprint density at radius 2 is 1.52 bits per heavy atom. The molecule has 0 fully saturated rings. The fraction of sp³-hybridized carbons (Fsp3) is 0.200. The molecule has 1 aromatic carbocycles. The lowest BCUT2D eigenvalue weighted by atomic mass is 10.2. The van der Waals surface area contributed by atoms with E-state index in [1.54, 1.807) is 6.07 Å². The molecule has 1 aromatic rings. The molecule has 0 aliphatic heterocycles. The molecule has 1 rings (SSSR count). The maximum absolute atomic E-state index is 9.62. The molecule has 0 radical (unpaired) electrons. The Kier molecular flexibility index (Phi) is 8.95. The second kappa shape index (κ2) is 10.2. The zero-order valence-corrected chi connectivity index (χ0v) is 11.6. The second-order valence-electron chi connectivity index (χ2n) is 4.01. The van der Waals surface area contributed by atoms with Gasteiger partial charge in [0.2, 0.25) is 0 Å². The summed E-state index contributed by atoms with van der Waals surface area (Å²) in [6, 6.07) is 7.38. The summed E-state index contributed by atoms with van der Waals surface area (Å²) >= 11 is 0. The third-order valence-electron chi connectivity index (χ3n) is 2.34. The average molecular weight is 293 g/mol. The summed E-state index contributed by atoms with van der Waals surface area (Å²) in [6.07, 6.45) is 3.70. The molecular formula is C15H19NO5. The van der Waals surface area contributed by atoms with E-state index in [9.17, 15) is 5.11 Å². The SMILES string of the molecule is C=CCN(CC=C)Cc1ccccc1O.O=C(O)C(=O)O. The molecule has 0 saturated heterocycles. The van der Waals surface area contributed by atoms with Crippen molar-refractivity contribution in [2.45, 2.75) is 6.54 Å². The van der Waals surface area contributed by atoms with E-state index in [2.05, 4.69) is 18.1 Å². The van der Waals surface area contributed by atoms with Gasteiger partial charge in [-0.3, -0.25) is 4.90 Å². The molecule has 0 amide bonds. The first-order valence-electron chi connectivity index (χ1n) is 6.09. The van der Waals surface area contributed by atoms with Gasteiger partial charge in [0, 0.05) is 25.2 Å². The van der Waals surface area contributed by atoms with E-state index in [0.29, 0.717) is 12.3 Å². The van der Waals surface area contributed by atoms with E-state index in [-0.39, 0.29) is 0 Å². The highest BCUT2D eigenvalue weighted by atomic mass is 16.4. The van der Waals surface area contributed by atoms with E-state index in [4.69, 9.17) is 19.8 Å². The average Bonchev–Trinajstić information content (AvgIpc) is 2.42. The largest absolute Gasteiger partial charge is 0.508 e. The lowest BCUT2D eigenvalue weighted by molar-refractivity contribution is -0.159. The molecular weight excluding hydrogens is 274 g/mol. The Balaban J connectivity index is 0.000000567. The fourth-order valence-corrected chi connectivity index (χ4v) is 1.45. The smallest absolute Gasteiger partial charge is 0.414 e. The minimum Gasteiger partial charge on any atom is -0.508 e. The van der Waals surface area contributed by atoms with Gasteiger partial charge in [0.1, 0.15) is 5.75 Å².